The van der Waals surface area contributed by atoms with Crippen LogP contribution >= 0.6 is 0 Å². The SMILES string of the molecule is CCOc1ccc(CC(=O)Nc2nnc(-c3ccc(F)cc3)o2)cc1. The Morgan fingerprint density at radius 3 is 2.52 bits per heavy atom. The number of rotatable bonds is 6. The lowest BCUT2D eigenvalue weighted by Crippen LogP contribution is -2.14. The molecule has 2 aromatic carbocycles. The van der Waals surface area contributed by atoms with Gasteiger partial charge in [-0.05, 0) is 48.9 Å². The van der Waals surface area contributed by atoms with Crippen molar-refractivity contribution in [1.29, 1.82) is 0 Å². The Hall–Kier alpha value is -3.22. The maximum absolute atomic E-state index is 12.9. The summed E-state index contributed by atoms with van der Waals surface area (Å²) in [4.78, 5) is 12.1. The number of amides is 1. The van der Waals surface area contributed by atoms with Crippen molar-refractivity contribution in [2.24, 2.45) is 0 Å². The molecule has 3 rings (SSSR count). The van der Waals surface area contributed by atoms with Crippen LogP contribution in [0, 0.1) is 5.82 Å². The molecule has 0 aliphatic heterocycles. The van der Waals surface area contributed by atoms with Crippen LogP contribution in [-0.2, 0) is 11.2 Å². The molecule has 0 bridgehead atoms. The fourth-order valence-electron chi connectivity index (χ4n) is 2.20. The zero-order valence-electron chi connectivity index (χ0n) is 13.5. The van der Waals surface area contributed by atoms with Gasteiger partial charge in [0.2, 0.25) is 11.8 Å². The summed E-state index contributed by atoms with van der Waals surface area (Å²) in [5.74, 6) is 0.328. The second-order valence-electron chi connectivity index (χ2n) is 5.22. The van der Waals surface area contributed by atoms with Crippen molar-refractivity contribution >= 4 is 11.9 Å². The summed E-state index contributed by atoms with van der Waals surface area (Å²) < 4.78 is 23.7. The molecule has 1 amide bonds. The van der Waals surface area contributed by atoms with Crippen LogP contribution in [0.2, 0.25) is 0 Å². The predicted molar refractivity (Wildman–Crippen MR) is 89.6 cm³/mol. The molecule has 0 saturated heterocycles. The molecule has 0 radical (unpaired) electrons. The third-order valence-corrected chi connectivity index (χ3v) is 3.36. The van der Waals surface area contributed by atoms with E-state index < -0.39 is 0 Å². The van der Waals surface area contributed by atoms with Crippen LogP contribution < -0.4 is 10.1 Å². The number of benzene rings is 2. The molecule has 3 aromatic rings. The minimum atomic E-state index is -0.354. The Kier molecular flexibility index (Phi) is 5.03. The average molecular weight is 341 g/mol. The normalized spacial score (nSPS) is 10.5. The first kappa shape index (κ1) is 16.6. The second-order valence-corrected chi connectivity index (χ2v) is 5.22. The average Bonchev–Trinajstić information content (AvgIpc) is 3.06. The number of carbonyl (C=O) groups excluding carboxylic acids is 1. The summed E-state index contributed by atoms with van der Waals surface area (Å²) in [5.41, 5.74) is 1.40. The van der Waals surface area contributed by atoms with Gasteiger partial charge in [0.25, 0.3) is 0 Å². The number of carbonyl (C=O) groups is 1. The minimum Gasteiger partial charge on any atom is -0.494 e. The summed E-state index contributed by atoms with van der Waals surface area (Å²) >= 11 is 0. The zero-order valence-corrected chi connectivity index (χ0v) is 13.5. The quantitative estimate of drug-likeness (QED) is 0.743. The number of halogens is 1. The van der Waals surface area contributed by atoms with E-state index >= 15 is 0 Å². The van der Waals surface area contributed by atoms with Gasteiger partial charge in [0.1, 0.15) is 11.6 Å². The highest BCUT2D eigenvalue weighted by molar-refractivity contribution is 5.90. The van der Waals surface area contributed by atoms with E-state index in [2.05, 4.69) is 15.5 Å². The predicted octanol–water partition coefficient (Wildman–Crippen LogP) is 3.46. The third kappa shape index (κ3) is 4.41. The number of hydrogen-bond acceptors (Lipinski definition) is 5. The van der Waals surface area contributed by atoms with Crippen molar-refractivity contribution in [3.05, 3.63) is 59.9 Å². The van der Waals surface area contributed by atoms with Crippen LogP contribution in [0.3, 0.4) is 0 Å². The standard InChI is InChI=1S/C18H16FN3O3/c1-2-24-15-9-3-12(4-10-15)11-16(23)20-18-22-21-17(25-18)13-5-7-14(19)8-6-13/h3-10H,2,11H2,1H3,(H,20,22,23). The van der Waals surface area contributed by atoms with Crippen LogP contribution in [-0.4, -0.2) is 22.7 Å². The first-order valence-corrected chi connectivity index (χ1v) is 7.75. The summed E-state index contributed by atoms with van der Waals surface area (Å²) in [6.45, 7) is 2.50. The first-order chi connectivity index (χ1) is 12.1. The van der Waals surface area contributed by atoms with Crippen LogP contribution in [0.1, 0.15) is 12.5 Å². The molecule has 1 heterocycles. The van der Waals surface area contributed by atoms with Gasteiger partial charge in [0.05, 0.1) is 13.0 Å². The van der Waals surface area contributed by atoms with E-state index in [1.165, 1.54) is 24.3 Å². The van der Waals surface area contributed by atoms with Gasteiger partial charge in [-0.2, -0.15) is 0 Å². The third-order valence-electron chi connectivity index (χ3n) is 3.36. The van der Waals surface area contributed by atoms with E-state index in [4.69, 9.17) is 9.15 Å². The molecule has 0 aliphatic carbocycles. The maximum atomic E-state index is 12.9. The Morgan fingerprint density at radius 2 is 1.84 bits per heavy atom. The molecule has 128 valence electrons. The molecule has 7 heteroatoms. The van der Waals surface area contributed by atoms with Crippen LogP contribution in [0.4, 0.5) is 10.4 Å². The Bertz CT molecular complexity index is 845. The lowest BCUT2D eigenvalue weighted by molar-refractivity contribution is -0.115. The fraction of sp³-hybridized carbons (Fsp3) is 0.167. The van der Waals surface area contributed by atoms with E-state index in [0.717, 1.165) is 11.3 Å². The van der Waals surface area contributed by atoms with Crippen LogP contribution in [0.15, 0.2) is 52.9 Å². The molecule has 0 atom stereocenters. The first-order valence-electron chi connectivity index (χ1n) is 7.75. The molecule has 25 heavy (non-hydrogen) atoms. The molecule has 6 nitrogen and oxygen atoms in total. The molecular weight excluding hydrogens is 325 g/mol. The van der Waals surface area contributed by atoms with Crippen molar-refractivity contribution in [2.75, 3.05) is 11.9 Å². The lowest BCUT2D eigenvalue weighted by Gasteiger charge is -2.04. The minimum absolute atomic E-state index is 0.00439. The molecule has 1 N–H and O–H groups in total. The topological polar surface area (TPSA) is 77.2 Å². The molecule has 0 aliphatic rings. The van der Waals surface area contributed by atoms with Crippen LogP contribution in [0.5, 0.6) is 5.75 Å². The van der Waals surface area contributed by atoms with Gasteiger partial charge in [-0.25, -0.2) is 4.39 Å². The molecule has 1 aromatic heterocycles. The largest absolute Gasteiger partial charge is 0.494 e. The molecule has 0 spiro atoms. The number of ether oxygens (including phenoxy) is 1. The summed E-state index contributed by atoms with van der Waals surface area (Å²) in [6, 6.07) is 12.9. The zero-order chi connectivity index (χ0) is 17.6. The number of aromatic nitrogens is 2. The highest BCUT2D eigenvalue weighted by Crippen LogP contribution is 2.20. The number of hydrogen-bond donors (Lipinski definition) is 1. The number of anilines is 1. The number of nitrogens with one attached hydrogen (secondary N) is 1. The Morgan fingerprint density at radius 1 is 1.12 bits per heavy atom. The maximum Gasteiger partial charge on any atom is 0.322 e. The smallest absolute Gasteiger partial charge is 0.322 e. The summed E-state index contributed by atoms with van der Waals surface area (Å²) in [7, 11) is 0. The van der Waals surface area contributed by atoms with Gasteiger partial charge in [0.15, 0.2) is 0 Å². The van der Waals surface area contributed by atoms with E-state index in [1.807, 2.05) is 31.2 Å². The molecular formula is C18H16FN3O3. The van der Waals surface area contributed by atoms with Crippen molar-refractivity contribution in [3.8, 4) is 17.2 Å². The van der Waals surface area contributed by atoms with Crippen molar-refractivity contribution in [2.45, 2.75) is 13.3 Å². The van der Waals surface area contributed by atoms with Gasteiger partial charge in [-0.3, -0.25) is 10.1 Å². The van der Waals surface area contributed by atoms with Gasteiger partial charge in [-0.15, -0.1) is 5.10 Å². The monoisotopic (exact) mass is 341 g/mol. The van der Waals surface area contributed by atoms with E-state index in [0.29, 0.717) is 12.2 Å². The molecule has 0 fully saturated rings. The van der Waals surface area contributed by atoms with E-state index in [-0.39, 0.29) is 30.1 Å². The van der Waals surface area contributed by atoms with Crippen molar-refractivity contribution < 1.29 is 18.3 Å². The second kappa shape index (κ2) is 7.57. The lowest BCUT2D eigenvalue weighted by atomic mass is 10.1. The molecule has 0 unspecified atom stereocenters. The Balaban J connectivity index is 1.60. The van der Waals surface area contributed by atoms with E-state index in [1.54, 1.807) is 0 Å². The van der Waals surface area contributed by atoms with Crippen LogP contribution in [0.25, 0.3) is 11.5 Å². The highest BCUT2D eigenvalue weighted by Gasteiger charge is 2.12. The van der Waals surface area contributed by atoms with Gasteiger partial charge in [0, 0.05) is 5.56 Å². The van der Waals surface area contributed by atoms with Crippen molar-refractivity contribution in [3.63, 3.8) is 0 Å². The van der Waals surface area contributed by atoms with E-state index in [9.17, 15) is 9.18 Å². The molecule has 0 saturated carbocycles. The number of nitrogens with zero attached hydrogens (tertiary/aromatic N) is 2. The highest BCUT2D eigenvalue weighted by atomic mass is 19.1. The van der Waals surface area contributed by atoms with Gasteiger partial charge in [-0.1, -0.05) is 17.2 Å². The van der Waals surface area contributed by atoms with Gasteiger partial charge < -0.3 is 9.15 Å². The summed E-state index contributed by atoms with van der Waals surface area (Å²) in [5, 5.41) is 10.2. The van der Waals surface area contributed by atoms with Crippen molar-refractivity contribution in [1.82, 2.24) is 10.2 Å². The Labute approximate surface area is 143 Å². The van der Waals surface area contributed by atoms with Gasteiger partial charge >= 0.3 is 6.01 Å². The fourth-order valence-corrected chi connectivity index (χ4v) is 2.20. The summed E-state index contributed by atoms with van der Waals surface area (Å²) in [6.07, 6.45) is 0.167.